The van der Waals surface area contributed by atoms with E-state index < -0.39 is 6.17 Å². The molecule has 42 heavy (non-hydrogen) atoms. The number of aromatic nitrogens is 3. The van der Waals surface area contributed by atoms with Gasteiger partial charge in [-0.25, -0.2) is 4.39 Å². The number of anilines is 3. The number of amides is 1. The van der Waals surface area contributed by atoms with Gasteiger partial charge in [0, 0.05) is 68.8 Å². The first-order chi connectivity index (χ1) is 20.1. The molecule has 4 fully saturated rings. The SMILES string of the molecule is CC(=O)N1CCC(N(C)c2nc(OC[C@@]34CCCN3C[C@H](F)C4)nc(N3CC4(C3)SCc3sc(N)c(C#N)c34)n2)C1C. The van der Waals surface area contributed by atoms with Crippen molar-refractivity contribution < 1.29 is 13.9 Å². The molecule has 2 aromatic heterocycles. The first-order valence-electron chi connectivity index (χ1n) is 14.6. The second-order valence-corrected chi connectivity index (χ2v) is 14.9. The monoisotopic (exact) mass is 613 g/mol. The smallest absolute Gasteiger partial charge is 0.323 e. The molecule has 4 atom stereocenters. The molecule has 7 rings (SSSR count). The third-order valence-electron chi connectivity index (χ3n) is 9.98. The number of likely N-dealkylation sites (N-methyl/N-ethyl adjacent to an activating group) is 1. The van der Waals surface area contributed by atoms with Crippen LogP contribution in [0.3, 0.4) is 0 Å². The van der Waals surface area contributed by atoms with Crippen LogP contribution < -0.4 is 20.3 Å². The molecule has 224 valence electrons. The molecule has 0 radical (unpaired) electrons. The molecule has 5 aliphatic rings. The number of nitrogens with zero attached hydrogens (tertiary/aromatic N) is 8. The zero-order chi connectivity index (χ0) is 29.4. The zero-order valence-corrected chi connectivity index (χ0v) is 25.8. The summed E-state index contributed by atoms with van der Waals surface area (Å²) in [6, 6.07) is 2.62. The van der Waals surface area contributed by atoms with Crippen molar-refractivity contribution in [3.05, 3.63) is 16.0 Å². The number of likely N-dealkylation sites (tertiary alicyclic amines) is 1. The van der Waals surface area contributed by atoms with Gasteiger partial charge in [0.15, 0.2) is 0 Å². The highest BCUT2D eigenvalue weighted by atomic mass is 32.2. The lowest BCUT2D eigenvalue weighted by molar-refractivity contribution is -0.129. The van der Waals surface area contributed by atoms with Gasteiger partial charge in [-0.05, 0) is 32.7 Å². The Morgan fingerprint density at radius 1 is 1.31 bits per heavy atom. The highest BCUT2D eigenvalue weighted by molar-refractivity contribution is 8.00. The van der Waals surface area contributed by atoms with Crippen molar-refractivity contribution in [3.8, 4) is 12.1 Å². The van der Waals surface area contributed by atoms with Gasteiger partial charge in [-0.2, -0.15) is 20.2 Å². The van der Waals surface area contributed by atoms with E-state index in [0.29, 0.717) is 61.7 Å². The van der Waals surface area contributed by atoms with Crippen molar-refractivity contribution in [1.82, 2.24) is 24.8 Å². The fraction of sp³-hybridized carbons (Fsp3) is 0.679. The summed E-state index contributed by atoms with van der Waals surface area (Å²) < 4.78 is 20.5. The van der Waals surface area contributed by atoms with Crippen LogP contribution in [-0.2, 0) is 15.3 Å². The van der Waals surface area contributed by atoms with E-state index in [1.807, 2.05) is 28.6 Å². The second-order valence-electron chi connectivity index (χ2n) is 12.4. The van der Waals surface area contributed by atoms with Crippen molar-refractivity contribution in [2.45, 2.75) is 73.8 Å². The van der Waals surface area contributed by atoms with Crippen LogP contribution in [0.15, 0.2) is 0 Å². The van der Waals surface area contributed by atoms with E-state index in [4.69, 9.17) is 25.4 Å². The standard InChI is InChI=1S/C28H36FN9O2S2/c1-16-20(5-8-38(16)17(2)39)35(3)24-32-25(34-26(33-24)40-15-27-6-4-7-37(27)11-18(29)9-27)36-13-28(14-36)22-19(10-30)23(31)42-21(22)12-41-28/h16,18,20H,4-9,11-15,31H2,1-3H3/t16?,18-,20?,27+/m1/s1. The molecule has 1 spiro atoms. The summed E-state index contributed by atoms with van der Waals surface area (Å²) in [5, 5.41) is 10.4. The number of carbonyl (C=O) groups is 1. The summed E-state index contributed by atoms with van der Waals surface area (Å²) in [5.41, 5.74) is 7.54. The predicted octanol–water partition coefficient (Wildman–Crippen LogP) is 2.75. The number of thiophene rings is 1. The van der Waals surface area contributed by atoms with Crippen LogP contribution in [0.25, 0.3) is 0 Å². The molecule has 1 amide bonds. The van der Waals surface area contributed by atoms with E-state index in [9.17, 15) is 14.4 Å². The number of ether oxygens (including phenoxy) is 1. The molecular formula is C28H36FN9O2S2. The molecule has 0 saturated carbocycles. The number of halogens is 1. The van der Waals surface area contributed by atoms with Gasteiger partial charge in [-0.1, -0.05) is 0 Å². The van der Waals surface area contributed by atoms with Gasteiger partial charge in [0.05, 0.1) is 21.9 Å². The second kappa shape index (κ2) is 10.1. The molecule has 5 aliphatic heterocycles. The Bertz CT molecular complexity index is 1460. The van der Waals surface area contributed by atoms with E-state index in [2.05, 4.69) is 22.8 Å². The van der Waals surface area contributed by atoms with E-state index in [-0.39, 0.29) is 34.3 Å². The summed E-state index contributed by atoms with van der Waals surface area (Å²) in [6.07, 6.45) is 2.38. The minimum absolute atomic E-state index is 0.0111. The number of nitrogen functional groups attached to an aromatic ring is 1. The molecule has 0 bridgehead atoms. The number of rotatable bonds is 6. The predicted molar refractivity (Wildman–Crippen MR) is 161 cm³/mol. The minimum atomic E-state index is -0.840. The van der Waals surface area contributed by atoms with Crippen LogP contribution in [0, 0.1) is 11.3 Å². The number of carbonyl (C=O) groups excluding carboxylic acids is 1. The van der Waals surface area contributed by atoms with Crippen LogP contribution in [0.5, 0.6) is 6.01 Å². The van der Waals surface area contributed by atoms with Crippen LogP contribution in [-0.4, -0.2) is 101 Å². The first kappa shape index (κ1) is 27.9. The summed E-state index contributed by atoms with van der Waals surface area (Å²) in [6.45, 7) is 7.34. The number of nitrogens with two attached hydrogens (primary N) is 1. The fourth-order valence-electron chi connectivity index (χ4n) is 7.81. The van der Waals surface area contributed by atoms with Gasteiger partial charge in [-0.15, -0.1) is 23.1 Å². The maximum atomic E-state index is 14.4. The Labute approximate surface area is 253 Å². The Balaban J connectivity index is 1.17. The molecular weight excluding hydrogens is 578 g/mol. The molecule has 4 saturated heterocycles. The number of fused-ring (bicyclic) bond motifs is 3. The van der Waals surface area contributed by atoms with Crippen LogP contribution in [0.2, 0.25) is 0 Å². The Morgan fingerprint density at radius 3 is 2.86 bits per heavy atom. The summed E-state index contributed by atoms with van der Waals surface area (Å²) >= 11 is 3.37. The highest BCUT2D eigenvalue weighted by Gasteiger charge is 2.53. The van der Waals surface area contributed by atoms with Gasteiger partial charge >= 0.3 is 6.01 Å². The van der Waals surface area contributed by atoms with Crippen molar-refractivity contribution in [3.63, 3.8) is 0 Å². The van der Waals surface area contributed by atoms with Gasteiger partial charge < -0.3 is 25.2 Å². The average molecular weight is 614 g/mol. The molecule has 0 aromatic carbocycles. The maximum Gasteiger partial charge on any atom is 0.323 e. The number of thioether (sulfide) groups is 1. The van der Waals surface area contributed by atoms with Gasteiger partial charge in [0.1, 0.15) is 23.8 Å². The Kier molecular flexibility index (Phi) is 6.71. The van der Waals surface area contributed by atoms with Gasteiger partial charge in [0.2, 0.25) is 17.8 Å². The van der Waals surface area contributed by atoms with Crippen molar-refractivity contribution in [2.75, 3.05) is 61.9 Å². The molecule has 2 unspecified atom stereocenters. The number of alkyl halides is 1. The molecule has 14 heteroatoms. The Morgan fingerprint density at radius 2 is 2.12 bits per heavy atom. The number of nitriles is 1. The largest absolute Gasteiger partial charge is 0.461 e. The van der Waals surface area contributed by atoms with Crippen LogP contribution in [0.1, 0.15) is 55.5 Å². The van der Waals surface area contributed by atoms with E-state index in [1.54, 1.807) is 6.92 Å². The van der Waals surface area contributed by atoms with Gasteiger partial charge in [-0.3, -0.25) is 9.69 Å². The normalized spacial score (nSPS) is 29.5. The number of hydrogen-bond donors (Lipinski definition) is 1. The molecule has 7 heterocycles. The van der Waals surface area contributed by atoms with Crippen LogP contribution in [0.4, 0.5) is 21.3 Å². The zero-order valence-electron chi connectivity index (χ0n) is 24.2. The lowest BCUT2D eigenvalue weighted by Crippen LogP contribution is -2.57. The van der Waals surface area contributed by atoms with Crippen molar-refractivity contribution in [2.24, 2.45) is 0 Å². The summed E-state index contributed by atoms with van der Waals surface area (Å²) in [4.78, 5) is 36.0. The van der Waals surface area contributed by atoms with E-state index >= 15 is 0 Å². The molecule has 2 N–H and O–H groups in total. The number of hydrogen-bond acceptors (Lipinski definition) is 12. The summed E-state index contributed by atoms with van der Waals surface area (Å²) in [7, 11) is 1.96. The van der Waals surface area contributed by atoms with Crippen LogP contribution >= 0.6 is 23.1 Å². The molecule has 11 nitrogen and oxygen atoms in total. The Hall–Kier alpha value is -2.89. The third kappa shape index (κ3) is 4.30. The third-order valence-corrected chi connectivity index (χ3v) is 12.6. The van der Waals surface area contributed by atoms with E-state index in [0.717, 1.165) is 37.1 Å². The lowest BCUT2D eigenvalue weighted by Gasteiger charge is -2.47. The molecule has 2 aromatic rings. The maximum absolute atomic E-state index is 14.4. The van der Waals surface area contributed by atoms with E-state index in [1.165, 1.54) is 16.2 Å². The topological polar surface area (TPSA) is 128 Å². The van der Waals surface area contributed by atoms with Gasteiger partial charge in [0.25, 0.3) is 0 Å². The first-order valence-corrected chi connectivity index (χ1v) is 16.4. The minimum Gasteiger partial charge on any atom is -0.461 e. The average Bonchev–Trinajstić information content (AvgIpc) is 3.72. The summed E-state index contributed by atoms with van der Waals surface area (Å²) in [5.74, 6) is 1.92. The highest BCUT2D eigenvalue weighted by Crippen LogP contribution is 2.57. The fourth-order valence-corrected chi connectivity index (χ4v) is 10.6. The van der Waals surface area contributed by atoms with Crippen molar-refractivity contribution >= 4 is 45.9 Å². The quantitative estimate of drug-likeness (QED) is 0.517. The van der Waals surface area contributed by atoms with Crippen molar-refractivity contribution in [1.29, 1.82) is 5.26 Å². The lowest BCUT2D eigenvalue weighted by atomic mass is 9.88. The molecule has 0 aliphatic carbocycles.